The van der Waals surface area contributed by atoms with E-state index in [-0.39, 0.29) is 12.2 Å². The highest BCUT2D eigenvalue weighted by Crippen LogP contribution is 2.17. The van der Waals surface area contributed by atoms with Crippen LogP contribution in [0.15, 0.2) is 24.5 Å². The van der Waals surface area contributed by atoms with Crippen LogP contribution >= 0.6 is 0 Å². The molecule has 3 rings (SSSR count). The second-order valence-electron chi connectivity index (χ2n) is 4.35. The number of aromatic nitrogens is 3. The van der Waals surface area contributed by atoms with Crippen LogP contribution < -0.4 is 4.74 Å². The molecule has 0 radical (unpaired) electrons. The Hall–Kier alpha value is -2.31. The molecule has 7 heteroatoms. The minimum Gasteiger partial charge on any atom is -0.471 e. The fourth-order valence-electron chi connectivity index (χ4n) is 2.15. The van der Waals surface area contributed by atoms with Gasteiger partial charge in [-0.1, -0.05) is 27.7 Å². The fraction of sp³-hybridized carbons (Fsp3) is 0.562. The Morgan fingerprint density at radius 2 is 2.00 bits per heavy atom. The van der Waals surface area contributed by atoms with Gasteiger partial charge in [-0.2, -0.15) is 0 Å². The number of likely N-dealkylation sites (tertiary alicyclic amines) is 1. The molecule has 1 amide bonds. The van der Waals surface area contributed by atoms with Crippen molar-refractivity contribution in [2.75, 3.05) is 20.2 Å². The van der Waals surface area contributed by atoms with E-state index in [1.54, 1.807) is 27.9 Å². The Labute approximate surface area is 137 Å². The molecule has 0 N–H and O–H groups in total. The molecule has 1 unspecified atom stereocenters. The molecule has 2 aromatic rings. The second-order valence-corrected chi connectivity index (χ2v) is 4.35. The van der Waals surface area contributed by atoms with Gasteiger partial charge < -0.3 is 14.4 Å². The van der Waals surface area contributed by atoms with Gasteiger partial charge in [-0.3, -0.25) is 0 Å². The lowest BCUT2D eigenvalue weighted by atomic mass is 10.3. The first-order valence-corrected chi connectivity index (χ1v) is 8.06. The van der Waals surface area contributed by atoms with Gasteiger partial charge in [0.05, 0.1) is 13.7 Å². The van der Waals surface area contributed by atoms with Crippen molar-refractivity contribution in [3.05, 3.63) is 24.5 Å². The molecule has 1 aliphatic rings. The van der Waals surface area contributed by atoms with Crippen molar-refractivity contribution >= 4 is 11.7 Å². The molecule has 1 atom stereocenters. The van der Waals surface area contributed by atoms with Gasteiger partial charge in [0, 0.05) is 31.4 Å². The van der Waals surface area contributed by atoms with Crippen molar-refractivity contribution < 1.29 is 14.3 Å². The first kappa shape index (κ1) is 18.7. The van der Waals surface area contributed by atoms with Crippen LogP contribution in [0.25, 0.3) is 5.65 Å². The molecule has 0 spiro atoms. The van der Waals surface area contributed by atoms with Crippen molar-refractivity contribution in [2.24, 2.45) is 0 Å². The Morgan fingerprint density at radius 1 is 1.26 bits per heavy atom. The van der Waals surface area contributed by atoms with E-state index in [0.717, 1.165) is 12.1 Å². The van der Waals surface area contributed by atoms with E-state index < -0.39 is 0 Å². The Bertz CT molecular complexity index is 600. The van der Waals surface area contributed by atoms with Crippen LogP contribution in [0.5, 0.6) is 5.88 Å². The third kappa shape index (κ3) is 4.84. The first-order chi connectivity index (χ1) is 11.3. The highest BCUT2D eigenvalue weighted by atomic mass is 16.5. The van der Waals surface area contributed by atoms with E-state index >= 15 is 0 Å². The number of nitrogens with zero attached hydrogens (tertiary/aromatic N) is 4. The molecule has 1 aliphatic heterocycles. The predicted molar refractivity (Wildman–Crippen MR) is 88.7 cm³/mol. The lowest BCUT2D eigenvalue weighted by Crippen LogP contribution is -2.30. The van der Waals surface area contributed by atoms with Gasteiger partial charge in [0.25, 0.3) is 0 Å². The molecule has 1 saturated heterocycles. The molecule has 0 aromatic carbocycles. The fourth-order valence-corrected chi connectivity index (χ4v) is 2.15. The smallest absolute Gasteiger partial charge is 0.409 e. The van der Waals surface area contributed by atoms with Crippen LogP contribution in [0.3, 0.4) is 0 Å². The Morgan fingerprint density at radius 3 is 2.70 bits per heavy atom. The molecule has 128 valence electrons. The van der Waals surface area contributed by atoms with Crippen molar-refractivity contribution in [1.29, 1.82) is 0 Å². The van der Waals surface area contributed by atoms with E-state index in [2.05, 4.69) is 14.8 Å². The summed E-state index contributed by atoms with van der Waals surface area (Å²) in [6.45, 7) is 9.17. The average molecular weight is 322 g/mol. The molecule has 0 bridgehead atoms. The highest BCUT2D eigenvalue weighted by Gasteiger charge is 2.28. The van der Waals surface area contributed by atoms with Crippen LogP contribution in [0.1, 0.15) is 34.1 Å². The zero-order chi connectivity index (χ0) is 17.2. The first-order valence-electron chi connectivity index (χ1n) is 8.06. The van der Waals surface area contributed by atoms with Gasteiger partial charge in [-0.25, -0.2) is 14.3 Å². The highest BCUT2D eigenvalue weighted by molar-refractivity contribution is 5.67. The van der Waals surface area contributed by atoms with Crippen molar-refractivity contribution in [2.45, 2.75) is 40.2 Å². The van der Waals surface area contributed by atoms with Crippen molar-refractivity contribution in [3.63, 3.8) is 0 Å². The maximum absolute atomic E-state index is 11.4. The van der Waals surface area contributed by atoms with E-state index in [1.807, 2.05) is 33.8 Å². The molecule has 2 aromatic heterocycles. The molecule has 3 heterocycles. The van der Waals surface area contributed by atoms with Crippen molar-refractivity contribution in [3.8, 4) is 5.88 Å². The minimum absolute atomic E-state index is 0.0485. The molecular formula is C16H26N4O3. The lowest BCUT2D eigenvalue weighted by Gasteiger charge is -2.15. The summed E-state index contributed by atoms with van der Waals surface area (Å²) in [6, 6.07) is 3.62. The molecule has 1 fully saturated rings. The largest absolute Gasteiger partial charge is 0.471 e. The van der Waals surface area contributed by atoms with Crippen LogP contribution in [-0.4, -0.2) is 51.9 Å². The third-order valence-corrected chi connectivity index (χ3v) is 3.10. The Balaban J connectivity index is 0.000000615. The summed E-state index contributed by atoms with van der Waals surface area (Å²) in [5.74, 6) is 0.530. The van der Waals surface area contributed by atoms with E-state index in [4.69, 9.17) is 4.74 Å². The van der Waals surface area contributed by atoms with Gasteiger partial charge in [0.15, 0.2) is 5.65 Å². The minimum atomic E-state index is -0.316. The predicted octanol–water partition coefficient (Wildman–Crippen LogP) is 3.00. The third-order valence-electron chi connectivity index (χ3n) is 3.10. The van der Waals surface area contributed by atoms with E-state index in [1.165, 1.54) is 7.11 Å². The van der Waals surface area contributed by atoms with Gasteiger partial charge in [-0.15, -0.1) is 5.10 Å². The SMILES string of the molecule is CC.CC.COC(=O)N1CCC(Oc2ccc3nccn3n2)C1. The summed E-state index contributed by atoms with van der Waals surface area (Å²) in [5.41, 5.74) is 0.773. The van der Waals surface area contributed by atoms with Crippen molar-refractivity contribution in [1.82, 2.24) is 19.5 Å². The number of carbonyl (C=O) groups excluding carboxylic acids is 1. The second kappa shape index (κ2) is 9.66. The number of fused-ring (bicyclic) bond motifs is 1. The molecule has 7 nitrogen and oxygen atoms in total. The topological polar surface area (TPSA) is 69.0 Å². The monoisotopic (exact) mass is 322 g/mol. The Kier molecular flexibility index (Phi) is 7.87. The van der Waals surface area contributed by atoms with Crippen LogP contribution in [0, 0.1) is 0 Å². The molecule has 0 aliphatic carbocycles. The molecular weight excluding hydrogens is 296 g/mol. The summed E-state index contributed by atoms with van der Waals surface area (Å²) < 4.78 is 12.1. The zero-order valence-electron chi connectivity index (χ0n) is 14.5. The zero-order valence-corrected chi connectivity index (χ0v) is 14.5. The number of ether oxygens (including phenoxy) is 2. The van der Waals surface area contributed by atoms with Crippen LogP contribution in [0.2, 0.25) is 0 Å². The normalized spacial score (nSPS) is 16.0. The van der Waals surface area contributed by atoms with E-state index in [0.29, 0.717) is 19.0 Å². The summed E-state index contributed by atoms with van der Waals surface area (Å²) in [7, 11) is 1.38. The van der Waals surface area contributed by atoms with Gasteiger partial charge in [0.2, 0.25) is 5.88 Å². The van der Waals surface area contributed by atoms with E-state index in [9.17, 15) is 4.79 Å². The number of amides is 1. The summed E-state index contributed by atoms with van der Waals surface area (Å²) in [6.07, 6.45) is 3.86. The summed E-state index contributed by atoms with van der Waals surface area (Å²) >= 11 is 0. The number of hydrogen-bond donors (Lipinski definition) is 0. The summed E-state index contributed by atoms with van der Waals surface area (Å²) in [5, 5.41) is 4.29. The van der Waals surface area contributed by atoms with Crippen LogP contribution in [0.4, 0.5) is 4.79 Å². The maximum atomic E-state index is 11.4. The number of hydrogen-bond acceptors (Lipinski definition) is 5. The molecule has 0 saturated carbocycles. The summed E-state index contributed by atoms with van der Waals surface area (Å²) in [4.78, 5) is 17.1. The standard InChI is InChI=1S/C12H14N4O3.2C2H6/c1-18-12(17)15-6-4-9(8-15)19-11-3-2-10-13-5-7-16(10)14-11;2*1-2/h2-3,5,7,9H,4,6,8H2,1H3;2*1-2H3. The average Bonchev–Trinajstić information content (AvgIpc) is 3.26. The number of rotatable bonds is 2. The number of carbonyl (C=O) groups is 1. The number of imidazole rings is 1. The van der Waals surface area contributed by atoms with Gasteiger partial charge in [-0.05, 0) is 6.07 Å². The number of methoxy groups -OCH3 is 1. The molecule has 23 heavy (non-hydrogen) atoms. The maximum Gasteiger partial charge on any atom is 0.409 e. The quantitative estimate of drug-likeness (QED) is 0.850. The van der Waals surface area contributed by atoms with Gasteiger partial charge in [0.1, 0.15) is 6.10 Å². The lowest BCUT2D eigenvalue weighted by molar-refractivity contribution is 0.125. The van der Waals surface area contributed by atoms with Crippen LogP contribution in [-0.2, 0) is 4.74 Å². The van der Waals surface area contributed by atoms with Gasteiger partial charge >= 0.3 is 6.09 Å².